The van der Waals surface area contributed by atoms with Crippen LogP contribution in [0.15, 0.2) is 40.1 Å². The van der Waals surface area contributed by atoms with E-state index in [1.165, 1.54) is 50.2 Å². The summed E-state index contributed by atoms with van der Waals surface area (Å²) >= 11 is 7.51. The second-order valence-corrected chi connectivity index (χ2v) is 9.95. The molecule has 168 valence electrons. The largest absolute Gasteiger partial charge is 0.495 e. The number of amides is 1. The first kappa shape index (κ1) is 23.6. The number of likely N-dealkylation sites (tertiary alicyclic amines) is 1. The van der Waals surface area contributed by atoms with Crippen LogP contribution in [0.1, 0.15) is 29.6 Å². The lowest BCUT2D eigenvalue weighted by Gasteiger charge is -2.27. The number of piperidine rings is 1. The molecule has 0 atom stereocenters. The minimum Gasteiger partial charge on any atom is -0.495 e. The molecule has 1 amide bonds. The normalized spacial score (nSPS) is 14.3. The molecule has 2 aromatic carbocycles. The molecule has 1 N–H and O–H groups in total. The molecule has 0 saturated carbocycles. The van der Waals surface area contributed by atoms with Gasteiger partial charge in [-0.3, -0.25) is 9.52 Å². The molecule has 1 saturated heterocycles. The van der Waals surface area contributed by atoms with Crippen LogP contribution in [-0.2, 0) is 10.0 Å². The van der Waals surface area contributed by atoms with Gasteiger partial charge in [0.1, 0.15) is 11.5 Å². The van der Waals surface area contributed by atoms with Gasteiger partial charge in [0, 0.05) is 30.1 Å². The van der Waals surface area contributed by atoms with E-state index in [0.717, 1.165) is 24.2 Å². The first-order valence-electron chi connectivity index (χ1n) is 9.72. The highest BCUT2D eigenvalue weighted by Crippen LogP contribution is 2.37. The van der Waals surface area contributed by atoms with E-state index in [0.29, 0.717) is 29.4 Å². The van der Waals surface area contributed by atoms with Gasteiger partial charge in [-0.1, -0.05) is 11.6 Å². The highest BCUT2D eigenvalue weighted by atomic mass is 35.5. The second kappa shape index (κ2) is 10.0. The number of nitrogens with one attached hydrogen (secondary N) is 1. The van der Waals surface area contributed by atoms with Gasteiger partial charge < -0.3 is 14.4 Å². The van der Waals surface area contributed by atoms with Crippen LogP contribution in [-0.4, -0.2) is 52.8 Å². The van der Waals surface area contributed by atoms with E-state index < -0.39 is 10.0 Å². The summed E-state index contributed by atoms with van der Waals surface area (Å²) in [6, 6.07) is 7.51. The number of ether oxygens (including phenoxy) is 2. The third-order valence-electron chi connectivity index (χ3n) is 5.07. The SMILES string of the molecule is COc1cc(NS(=O)(=O)c2ccc(SC)c(C(=O)N3CCCCC3)c2)c(OC)cc1Cl. The van der Waals surface area contributed by atoms with Crippen LogP contribution in [0.3, 0.4) is 0 Å². The number of carbonyl (C=O) groups is 1. The zero-order valence-electron chi connectivity index (χ0n) is 17.6. The van der Waals surface area contributed by atoms with Crippen molar-refractivity contribution < 1.29 is 22.7 Å². The van der Waals surface area contributed by atoms with E-state index >= 15 is 0 Å². The number of sulfonamides is 1. The molecule has 2 aromatic rings. The number of rotatable bonds is 7. The summed E-state index contributed by atoms with van der Waals surface area (Å²) in [5.41, 5.74) is 0.569. The first-order valence-corrected chi connectivity index (χ1v) is 12.8. The summed E-state index contributed by atoms with van der Waals surface area (Å²) in [4.78, 5) is 15.6. The smallest absolute Gasteiger partial charge is 0.262 e. The molecule has 0 aliphatic carbocycles. The second-order valence-electron chi connectivity index (χ2n) is 7.01. The molecule has 0 radical (unpaired) electrons. The van der Waals surface area contributed by atoms with E-state index in [1.54, 1.807) is 11.0 Å². The Morgan fingerprint density at radius 1 is 1.06 bits per heavy atom. The van der Waals surface area contributed by atoms with Gasteiger partial charge in [0.25, 0.3) is 15.9 Å². The molecule has 7 nitrogen and oxygen atoms in total. The predicted molar refractivity (Wildman–Crippen MR) is 123 cm³/mol. The van der Waals surface area contributed by atoms with E-state index in [-0.39, 0.29) is 22.2 Å². The van der Waals surface area contributed by atoms with E-state index in [2.05, 4.69) is 4.72 Å². The summed E-state index contributed by atoms with van der Waals surface area (Å²) in [6.07, 6.45) is 4.87. The molecular weight excluding hydrogens is 460 g/mol. The van der Waals surface area contributed by atoms with Gasteiger partial charge in [0.05, 0.1) is 35.4 Å². The number of thioether (sulfide) groups is 1. The highest BCUT2D eigenvalue weighted by Gasteiger charge is 2.25. The molecule has 0 aromatic heterocycles. The van der Waals surface area contributed by atoms with Crippen LogP contribution in [0, 0.1) is 0 Å². The van der Waals surface area contributed by atoms with E-state index in [1.807, 2.05) is 6.26 Å². The summed E-state index contributed by atoms with van der Waals surface area (Å²) in [7, 11) is -1.15. The maximum atomic E-state index is 13.1. The van der Waals surface area contributed by atoms with Crippen LogP contribution in [0.25, 0.3) is 0 Å². The number of nitrogens with zero attached hydrogens (tertiary/aromatic N) is 1. The standard InChI is InChI=1S/C21H25ClN2O5S2/c1-28-18-13-17(19(29-2)12-16(18)22)23-31(26,27)14-7-8-20(30-3)15(11-14)21(25)24-9-5-4-6-10-24/h7-8,11-13,23H,4-6,9-10H2,1-3H3. The van der Waals surface area contributed by atoms with Crippen molar-refractivity contribution in [3.05, 3.63) is 40.9 Å². The van der Waals surface area contributed by atoms with Crippen molar-refractivity contribution >= 4 is 45.0 Å². The quantitative estimate of drug-likeness (QED) is 0.582. The lowest BCUT2D eigenvalue weighted by molar-refractivity contribution is 0.0720. The topological polar surface area (TPSA) is 84.9 Å². The Bertz CT molecular complexity index is 1070. The number of benzene rings is 2. The van der Waals surface area contributed by atoms with Gasteiger partial charge in [-0.05, 0) is 43.7 Å². The Morgan fingerprint density at radius 2 is 1.74 bits per heavy atom. The van der Waals surface area contributed by atoms with Gasteiger partial charge in [-0.15, -0.1) is 11.8 Å². The van der Waals surface area contributed by atoms with Crippen molar-refractivity contribution in [1.29, 1.82) is 0 Å². The average Bonchev–Trinajstić information content (AvgIpc) is 2.79. The van der Waals surface area contributed by atoms with Crippen LogP contribution in [0.5, 0.6) is 11.5 Å². The molecule has 0 spiro atoms. The molecule has 1 heterocycles. The Labute approximate surface area is 192 Å². The zero-order chi connectivity index (χ0) is 22.6. The number of hydrogen-bond donors (Lipinski definition) is 1. The van der Waals surface area contributed by atoms with E-state index in [4.69, 9.17) is 21.1 Å². The number of halogens is 1. The third-order valence-corrected chi connectivity index (χ3v) is 7.53. The minimum absolute atomic E-state index is 0.0124. The van der Waals surface area contributed by atoms with Crippen molar-refractivity contribution in [2.45, 2.75) is 29.1 Å². The number of methoxy groups -OCH3 is 2. The summed E-state index contributed by atoms with van der Waals surface area (Å²) in [5, 5.41) is 0.293. The Hall–Kier alpha value is -2.10. The Kier molecular flexibility index (Phi) is 7.61. The van der Waals surface area contributed by atoms with Crippen LogP contribution in [0.4, 0.5) is 5.69 Å². The molecular formula is C21H25ClN2O5S2. The van der Waals surface area contributed by atoms with Crippen molar-refractivity contribution in [3.63, 3.8) is 0 Å². The fourth-order valence-corrected chi connectivity index (χ4v) is 5.32. The number of anilines is 1. The van der Waals surface area contributed by atoms with Gasteiger partial charge in [0.2, 0.25) is 0 Å². The lowest BCUT2D eigenvalue weighted by atomic mass is 10.1. The first-order chi connectivity index (χ1) is 14.8. The number of hydrogen-bond acceptors (Lipinski definition) is 6. The van der Waals surface area contributed by atoms with Crippen molar-refractivity contribution in [2.24, 2.45) is 0 Å². The molecule has 1 aliphatic heterocycles. The summed E-state index contributed by atoms with van der Waals surface area (Å²) < 4.78 is 39.2. The minimum atomic E-state index is -4.00. The molecule has 0 bridgehead atoms. The van der Waals surface area contributed by atoms with Crippen LogP contribution >= 0.6 is 23.4 Å². The third kappa shape index (κ3) is 5.22. The lowest BCUT2D eigenvalue weighted by Crippen LogP contribution is -2.36. The number of carbonyl (C=O) groups excluding carboxylic acids is 1. The average molecular weight is 485 g/mol. The summed E-state index contributed by atoms with van der Waals surface area (Å²) in [5.74, 6) is 0.408. The fraction of sp³-hybridized carbons (Fsp3) is 0.381. The summed E-state index contributed by atoms with van der Waals surface area (Å²) in [6.45, 7) is 1.37. The van der Waals surface area contributed by atoms with Crippen LogP contribution in [0.2, 0.25) is 5.02 Å². The highest BCUT2D eigenvalue weighted by molar-refractivity contribution is 7.98. The van der Waals surface area contributed by atoms with Crippen molar-refractivity contribution in [3.8, 4) is 11.5 Å². The van der Waals surface area contributed by atoms with Crippen LogP contribution < -0.4 is 14.2 Å². The van der Waals surface area contributed by atoms with Gasteiger partial charge in [-0.2, -0.15) is 0 Å². The molecule has 0 unspecified atom stereocenters. The maximum absolute atomic E-state index is 13.1. The van der Waals surface area contributed by atoms with Gasteiger partial charge >= 0.3 is 0 Å². The van der Waals surface area contributed by atoms with Gasteiger partial charge in [-0.25, -0.2) is 8.42 Å². The molecule has 10 heteroatoms. The maximum Gasteiger partial charge on any atom is 0.262 e. The molecule has 1 fully saturated rings. The van der Waals surface area contributed by atoms with Gasteiger partial charge in [0.15, 0.2) is 0 Å². The van der Waals surface area contributed by atoms with E-state index in [9.17, 15) is 13.2 Å². The Balaban J connectivity index is 1.97. The molecule has 3 rings (SSSR count). The van der Waals surface area contributed by atoms with Crippen molar-refractivity contribution in [1.82, 2.24) is 4.90 Å². The molecule has 1 aliphatic rings. The van der Waals surface area contributed by atoms with Crippen molar-refractivity contribution in [2.75, 3.05) is 38.3 Å². The predicted octanol–water partition coefficient (Wildman–Crippen LogP) is 4.51. The zero-order valence-corrected chi connectivity index (χ0v) is 20.0. The Morgan fingerprint density at radius 3 is 2.35 bits per heavy atom. The fourth-order valence-electron chi connectivity index (χ4n) is 3.43. The molecule has 31 heavy (non-hydrogen) atoms. The monoisotopic (exact) mass is 484 g/mol.